The molecule has 0 saturated carbocycles. The van der Waals surface area contributed by atoms with Gasteiger partial charge in [-0.3, -0.25) is 0 Å². The van der Waals surface area contributed by atoms with Crippen LogP contribution in [-0.4, -0.2) is 24.8 Å². The van der Waals surface area contributed by atoms with Gasteiger partial charge in [-0.25, -0.2) is 0 Å². The average Bonchev–Trinajstić information content (AvgIpc) is 2.20. The van der Waals surface area contributed by atoms with Crippen LogP contribution < -0.4 is 5.19 Å². The largest absolute Gasteiger partial charge is 0.154 e. The van der Waals surface area contributed by atoms with Crippen LogP contribution in [0.5, 0.6) is 0 Å². The molecule has 0 atom stereocenters. The van der Waals surface area contributed by atoms with Crippen molar-refractivity contribution < 1.29 is 0 Å². The molecule has 14 heavy (non-hydrogen) atoms. The zero-order valence-electron chi connectivity index (χ0n) is 9.28. The second-order valence-electron chi connectivity index (χ2n) is 3.89. The first kappa shape index (κ1) is 12.2. The molecular weight excluding hydrogens is 224 g/mol. The van der Waals surface area contributed by atoms with Crippen molar-refractivity contribution in [1.82, 2.24) is 0 Å². The Bertz CT molecular complexity index is 268. The van der Waals surface area contributed by atoms with Crippen LogP contribution in [0.2, 0.25) is 13.1 Å². The van der Waals surface area contributed by atoms with E-state index in [1.54, 1.807) is 5.19 Å². The first-order chi connectivity index (χ1) is 6.62. The van der Waals surface area contributed by atoms with Crippen LogP contribution in [-0.2, 0) is 0 Å². The smallest absolute Gasteiger partial charge is 0.106 e. The molecule has 0 bridgehead atoms. The fourth-order valence-corrected chi connectivity index (χ4v) is 9.31. The van der Waals surface area contributed by atoms with Gasteiger partial charge in [-0.15, -0.1) is 0 Å². The summed E-state index contributed by atoms with van der Waals surface area (Å²) in [5, 5.41) is 1.56. The van der Waals surface area contributed by atoms with Crippen LogP contribution in [0.15, 0.2) is 30.3 Å². The predicted molar refractivity (Wildman–Crippen MR) is 74.4 cm³/mol. The van der Waals surface area contributed by atoms with Gasteiger partial charge in [-0.2, -0.15) is 23.5 Å². The highest BCUT2D eigenvalue weighted by atomic mass is 32.2. The maximum Gasteiger partial charge on any atom is 0.106 e. The first-order valence-corrected chi connectivity index (χ1v) is 10.4. The number of benzene rings is 1. The Hall–Kier alpha value is 0.137. The molecule has 0 saturated heterocycles. The van der Waals surface area contributed by atoms with Crippen LogP contribution in [0.25, 0.3) is 0 Å². The molecule has 0 nitrogen and oxygen atoms in total. The lowest BCUT2D eigenvalue weighted by atomic mass is 10.4. The zero-order chi connectivity index (χ0) is 10.6. The van der Waals surface area contributed by atoms with Gasteiger partial charge in [-0.05, 0) is 12.5 Å². The average molecular weight is 242 g/mol. The van der Waals surface area contributed by atoms with Gasteiger partial charge in [0.15, 0.2) is 0 Å². The molecule has 0 aliphatic carbocycles. The SMILES string of the molecule is CSC(SC)[Si](C)(C)c1ccccc1. The summed E-state index contributed by atoms with van der Waals surface area (Å²) in [6.07, 6.45) is 4.44. The third kappa shape index (κ3) is 2.58. The van der Waals surface area contributed by atoms with Gasteiger partial charge in [0.25, 0.3) is 0 Å². The van der Waals surface area contributed by atoms with Crippen molar-refractivity contribution in [3.8, 4) is 0 Å². The number of hydrogen-bond donors (Lipinski definition) is 0. The van der Waals surface area contributed by atoms with E-state index < -0.39 is 8.07 Å². The van der Waals surface area contributed by atoms with E-state index in [2.05, 4.69) is 55.9 Å². The quantitative estimate of drug-likeness (QED) is 0.587. The highest BCUT2D eigenvalue weighted by molar-refractivity contribution is 8.19. The summed E-state index contributed by atoms with van der Waals surface area (Å²) in [5.74, 6) is 0. The lowest BCUT2D eigenvalue weighted by molar-refractivity contribution is 1.62. The molecule has 0 fully saturated rings. The van der Waals surface area contributed by atoms with Gasteiger partial charge in [0.2, 0.25) is 0 Å². The Morgan fingerprint density at radius 2 is 1.50 bits per heavy atom. The van der Waals surface area contributed by atoms with E-state index in [1.807, 2.05) is 23.5 Å². The summed E-state index contributed by atoms with van der Waals surface area (Å²) in [6.45, 7) is 4.92. The Balaban J connectivity index is 2.94. The van der Waals surface area contributed by atoms with E-state index in [-0.39, 0.29) is 0 Å². The van der Waals surface area contributed by atoms with Crippen molar-refractivity contribution in [2.45, 2.75) is 17.3 Å². The standard InChI is InChI=1S/C11H18S2Si/c1-12-11(13-2)14(3,4)10-8-6-5-7-9-10/h5-9,11H,1-4H3. The summed E-state index contributed by atoms with van der Waals surface area (Å²) >= 11 is 3.99. The van der Waals surface area contributed by atoms with Crippen molar-refractivity contribution in [2.24, 2.45) is 0 Å². The summed E-state index contributed by atoms with van der Waals surface area (Å²) in [6, 6.07) is 11.0. The van der Waals surface area contributed by atoms with E-state index in [1.165, 1.54) is 0 Å². The molecular formula is C11H18S2Si. The summed E-state index contributed by atoms with van der Waals surface area (Å²) in [5.41, 5.74) is 0. The van der Waals surface area contributed by atoms with Crippen LogP contribution >= 0.6 is 23.5 Å². The van der Waals surface area contributed by atoms with E-state index in [0.717, 1.165) is 4.21 Å². The topological polar surface area (TPSA) is 0 Å². The van der Waals surface area contributed by atoms with Gasteiger partial charge >= 0.3 is 0 Å². The van der Waals surface area contributed by atoms with E-state index in [4.69, 9.17) is 0 Å². The predicted octanol–water partition coefficient (Wildman–Crippen LogP) is 3.19. The van der Waals surface area contributed by atoms with Gasteiger partial charge in [0.1, 0.15) is 8.07 Å². The maximum absolute atomic E-state index is 2.46. The van der Waals surface area contributed by atoms with E-state index in [0.29, 0.717) is 0 Å². The maximum atomic E-state index is 2.46. The molecule has 0 N–H and O–H groups in total. The van der Waals surface area contributed by atoms with Crippen LogP contribution in [0.3, 0.4) is 0 Å². The molecule has 1 aromatic carbocycles. The molecule has 0 amide bonds. The minimum absolute atomic E-state index is 0.755. The van der Waals surface area contributed by atoms with Gasteiger partial charge in [0, 0.05) is 4.21 Å². The third-order valence-corrected chi connectivity index (χ3v) is 12.5. The van der Waals surface area contributed by atoms with E-state index >= 15 is 0 Å². The summed E-state index contributed by atoms with van der Waals surface area (Å²) in [7, 11) is -1.28. The summed E-state index contributed by atoms with van der Waals surface area (Å²) in [4.78, 5) is 0. The zero-order valence-corrected chi connectivity index (χ0v) is 11.9. The first-order valence-electron chi connectivity index (χ1n) is 4.74. The molecule has 1 rings (SSSR count). The normalized spacial score (nSPS) is 12.1. The molecule has 3 heteroatoms. The molecule has 0 aromatic heterocycles. The van der Waals surface area contributed by atoms with Gasteiger partial charge in [-0.1, -0.05) is 48.6 Å². The van der Waals surface area contributed by atoms with Gasteiger partial charge in [0.05, 0.1) is 0 Å². The lowest BCUT2D eigenvalue weighted by Gasteiger charge is -2.30. The van der Waals surface area contributed by atoms with Gasteiger partial charge < -0.3 is 0 Å². The molecule has 0 unspecified atom stereocenters. The Morgan fingerprint density at radius 3 is 1.93 bits per heavy atom. The monoisotopic (exact) mass is 242 g/mol. The highest BCUT2D eigenvalue weighted by Crippen LogP contribution is 2.28. The van der Waals surface area contributed by atoms with Crippen molar-refractivity contribution >= 4 is 36.8 Å². The van der Waals surface area contributed by atoms with Crippen molar-refractivity contribution in [1.29, 1.82) is 0 Å². The van der Waals surface area contributed by atoms with Crippen molar-refractivity contribution in [3.05, 3.63) is 30.3 Å². The molecule has 0 heterocycles. The van der Waals surface area contributed by atoms with Crippen LogP contribution in [0, 0.1) is 0 Å². The number of rotatable bonds is 4. The Labute approximate surface area is 96.9 Å². The highest BCUT2D eigenvalue weighted by Gasteiger charge is 2.32. The second-order valence-corrected chi connectivity index (χ2v) is 11.5. The van der Waals surface area contributed by atoms with Crippen LogP contribution in [0.4, 0.5) is 0 Å². The Kier molecular flexibility index (Phi) is 4.61. The van der Waals surface area contributed by atoms with Crippen molar-refractivity contribution in [3.63, 3.8) is 0 Å². The minimum atomic E-state index is -1.28. The number of hydrogen-bond acceptors (Lipinski definition) is 2. The minimum Gasteiger partial charge on any atom is -0.154 e. The molecule has 0 spiro atoms. The fraction of sp³-hybridized carbons (Fsp3) is 0.455. The lowest BCUT2D eigenvalue weighted by Crippen LogP contribution is -2.49. The molecule has 0 aliphatic heterocycles. The van der Waals surface area contributed by atoms with Crippen LogP contribution in [0.1, 0.15) is 0 Å². The molecule has 1 aromatic rings. The fourth-order valence-electron chi connectivity index (χ4n) is 1.69. The Morgan fingerprint density at radius 1 is 1.00 bits per heavy atom. The summed E-state index contributed by atoms with van der Waals surface area (Å²) < 4.78 is 0.755. The van der Waals surface area contributed by atoms with Crippen molar-refractivity contribution in [2.75, 3.05) is 12.5 Å². The molecule has 78 valence electrons. The number of thioether (sulfide) groups is 2. The third-order valence-electron chi connectivity index (χ3n) is 2.54. The molecule has 0 aliphatic rings. The van der Waals surface area contributed by atoms with E-state index in [9.17, 15) is 0 Å². The molecule has 0 radical (unpaired) electrons. The second kappa shape index (κ2) is 5.28.